The largest absolute Gasteiger partial charge is 0.497 e. The molecule has 1 heterocycles. The lowest BCUT2D eigenvalue weighted by atomic mass is 10.1. The lowest BCUT2D eigenvalue weighted by Crippen LogP contribution is -2.35. The number of methoxy groups -OCH3 is 2. The van der Waals surface area contributed by atoms with E-state index in [0.717, 1.165) is 31.6 Å². The number of hydrogen-bond acceptors (Lipinski definition) is 6. The quantitative estimate of drug-likeness (QED) is 0.378. The van der Waals surface area contributed by atoms with E-state index in [1.54, 1.807) is 31.3 Å². The number of ether oxygens (including phenoxy) is 2. The van der Waals surface area contributed by atoms with E-state index >= 15 is 0 Å². The van der Waals surface area contributed by atoms with Gasteiger partial charge in [0.2, 0.25) is 0 Å². The summed E-state index contributed by atoms with van der Waals surface area (Å²) in [5.41, 5.74) is 1.47. The van der Waals surface area contributed by atoms with Crippen molar-refractivity contribution >= 4 is 22.4 Å². The molecular weight excluding hydrogens is 441 g/mol. The molecular formula is C25H30FN3O3S. The second-order valence-corrected chi connectivity index (χ2v) is 8.24. The molecule has 1 amide bonds. The van der Waals surface area contributed by atoms with Crippen LogP contribution in [0.3, 0.4) is 0 Å². The molecule has 2 aromatic carbocycles. The van der Waals surface area contributed by atoms with Crippen molar-refractivity contribution in [1.29, 1.82) is 0 Å². The van der Waals surface area contributed by atoms with Gasteiger partial charge in [-0.05, 0) is 56.4 Å². The zero-order valence-electron chi connectivity index (χ0n) is 19.5. The molecule has 8 heteroatoms. The fourth-order valence-electron chi connectivity index (χ4n) is 3.58. The van der Waals surface area contributed by atoms with E-state index in [9.17, 15) is 9.18 Å². The number of hydrogen-bond donors (Lipinski definition) is 0. The highest BCUT2D eigenvalue weighted by molar-refractivity contribution is 7.14. The Hall–Kier alpha value is -2.97. The van der Waals surface area contributed by atoms with Crippen LogP contribution in [-0.2, 0) is 0 Å². The van der Waals surface area contributed by atoms with Gasteiger partial charge in [-0.25, -0.2) is 9.37 Å². The number of nitrogens with zero attached hydrogens (tertiary/aromatic N) is 3. The van der Waals surface area contributed by atoms with Crippen LogP contribution in [0.25, 0.3) is 11.3 Å². The Labute approximate surface area is 198 Å². The summed E-state index contributed by atoms with van der Waals surface area (Å²) in [6, 6.07) is 11.5. The van der Waals surface area contributed by atoms with Crippen LogP contribution in [0.4, 0.5) is 9.52 Å². The van der Waals surface area contributed by atoms with E-state index in [4.69, 9.17) is 14.5 Å². The molecule has 0 atom stereocenters. The summed E-state index contributed by atoms with van der Waals surface area (Å²) in [5.74, 6) is 0.397. The van der Waals surface area contributed by atoms with Crippen molar-refractivity contribution < 1.29 is 18.7 Å². The number of thiazole rings is 1. The van der Waals surface area contributed by atoms with E-state index in [1.807, 2.05) is 23.6 Å². The fraction of sp³-hybridized carbons (Fsp3) is 0.360. The van der Waals surface area contributed by atoms with Gasteiger partial charge in [0, 0.05) is 17.5 Å². The smallest absolute Gasteiger partial charge is 0.263 e. The van der Waals surface area contributed by atoms with Crippen LogP contribution in [0.2, 0.25) is 0 Å². The van der Waals surface area contributed by atoms with Crippen molar-refractivity contribution in [2.24, 2.45) is 0 Å². The van der Waals surface area contributed by atoms with Gasteiger partial charge in [0.1, 0.15) is 17.3 Å². The number of carbonyl (C=O) groups is 1. The highest BCUT2D eigenvalue weighted by Gasteiger charge is 2.24. The van der Waals surface area contributed by atoms with E-state index in [-0.39, 0.29) is 5.56 Å². The monoisotopic (exact) mass is 471 g/mol. The SMILES string of the molecule is CCN(CC)CCCN(C(=O)c1ccccc1F)c1nc(-c2cc(OC)ccc2OC)cs1. The standard InChI is InChI=1S/C25H30FN3O3S/c1-5-28(6-2)14-9-15-29(24(30)19-10-7-8-11-21(19)26)25-27-22(17-33-25)20-16-18(31-3)12-13-23(20)32-4/h7-8,10-13,16-17H,5-6,9,14-15H2,1-4H3. The van der Waals surface area contributed by atoms with E-state index in [0.29, 0.717) is 28.9 Å². The summed E-state index contributed by atoms with van der Waals surface area (Å²) in [5, 5.41) is 2.39. The first-order valence-corrected chi connectivity index (χ1v) is 11.9. The third-order valence-electron chi connectivity index (χ3n) is 5.51. The first-order valence-electron chi connectivity index (χ1n) is 11.0. The molecule has 0 aliphatic carbocycles. The average molecular weight is 472 g/mol. The van der Waals surface area contributed by atoms with Gasteiger partial charge in [-0.3, -0.25) is 9.69 Å². The molecule has 33 heavy (non-hydrogen) atoms. The summed E-state index contributed by atoms with van der Waals surface area (Å²) >= 11 is 1.35. The maximum atomic E-state index is 14.4. The van der Waals surface area contributed by atoms with Gasteiger partial charge in [0.15, 0.2) is 5.13 Å². The second-order valence-electron chi connectivity index (χ2n) is 7.40. The Balaban J connectivity index is 1.93. The number of carbonyl (C=O) groups excluding carboxylic acids is 1. The van der Waals surface area contributed by atoms with Crippen molar-refractivity contribution in [3.05, 3.63) is 59.2 Å². The summed E-state index contributed by atoms with van der Waals surface area (Å²) in [7, 11) is 3.20. The average Bonchev–Trinajstić information content (AvgIpc) is 3.33. The molecule has 0 bridgehead atoms. The third kappa shape index (κ3) is 5.89. The molecule has 6 nitrogen and oxygen atoms in total. The summed E-state index contributed by atoms with van der Waals surface area (Å²) in [6.07, 6.45) is 0.749. The number of rotatable bonds is 11. The molecule has 3 aromatic rings. The van der Waals surface area contributed by atoms with Crippen molar-refractivity contribution in [3.8, 4) is 22.8 Å². The zero-order valence-corrected chi connectivity index (χ0v) is 20.3. The van der Waals surface area contributed by atoms with E-state index < -0.39 is 11.7 Å². The number of aromatic nitrogens is 1. The number of halogens is 1. The number of benzene rings is 2. The van der Waals surface area contributed by atoms with Crippen LogP contribution in [0.15, 0.2) is 47.8 Å². The lowest BCUT2D eigenvalue weighted by molar-refractivity contribution is 0.0982. The molecule has 0 N–H and O–H groups in total. The topological polar surface area (TPSA) is 54.9 Å². The molecule has 0 aliphatic rings. The molecule has 1 aromatic heterocycles. The Morgan fingerprint density at radius 1 is 1.06 bits per heavy atom. The molecule has 0 aliphatic heterocycles. The molecule has 0 fully saturated rings. The molecule has 0 saturated carbocycles. The van der Waals surface area contributed by atoms with Crippen LogP contribution >= 0.6 is 11.3 Å². The van der Waals surface area contributed by atoms with E-state index in [1.165, 1.54) is 23.5 Å². The van der Waals surface area contributed by atoms with Gasteiger partial charge < -0.3 is 14.4 Å². The van der Waals surface area contributed by atoms with Crippen LogP contribution in [-0.4, -0.2) is 56.2 Å². The second kappa shape index (κ2) is 11.8. The van der Waals surface area contributed by atoms with Crippen molar-refractivity contribution in [1.82, 2.24) is 9.88 Å². The minimum Gasteiger partial charge on any atom is -0.497 e. The predicted octanol–water partition coefficient (Wildman–Crippen LogP) is 5.35. The first-order chi connectivity index (χ1) is 16.0. The molecule has 0 unspecified atom stereocenters. The van der Waals surface area contributed by atoms with Gasteiger partial charge in [-0.1, -0.05) is 26.0 Å². The third-order valence-corrected chi connectivity index (χ3v) is 6.37. The Bertz CT molecular complexity index is 1070. The molecule has 3 rings (SSSR count). The van der Waals surface area contributed by atoms with Crippen molar-refractivity contribution in [2.75, 3.05) is 45.3 Å². The molecule has 0 saturated heterocycles. The van der Waals surface area contributed by atoms with Gasteiger partial charge in [-0.2, -0.15) is 0 Å². The zero-order chi connectivity index (χ0) is 23.8. The van der Waals surface area contributed by atoms with Crippen LogP contribution in [0, 0.1) is 5.82 Å². The van der Waals surface area contributed by atoms with Crippen LogP contribution in [0.5, 0.6) is 11.5 Å². The van der Waals surface area contributed by atoms with Gasteiger partial charge in [-0.15, -0.1) is 11.3 Å². The van der Waals surface area contributed by atoms with Crippen LogP contribution in [0.1, 0.15) is 30.6 Å². The van der Waals surface area contributed by atoms with Gasteiger partial charge in [0.25, 0.3) is 5.91 Å². The maximum Gasteiger partial charge on any atom is 0.263 e. The van der Waals surface area contributed by atoms with Gasteiger partial charge in [0.05, 0.1) is 25.5 Å². The highest BCUT2D eigenvalue weighted by Crippen LogP contribution is 2.36. The molecule has 176 valence electrons. The Morgan fingerprint density at radius 3 is 2.48 bits per heavy atom. The summed E-state index contributed by atoms with van der Waals surface area (Å²) in [6.45, 7) is 7.38. The minimum atomic E-state index is -0.539. The van der Waals surface area contributed by atoms with Crippen LogP contribution < -0.4 is 14.4 Å². The number of amides is 1. The minimum absolute atomic E-state index is 0.0380. The molecule has 0 spiro atoms. The first kappa shape index (κ1) is 24.7. The summed E-state index contributed by atoms with van der Waals surface area (Å²) < 4.78 is 25.3. The van der Waals surface area contributed by atoms with Gasteiger partial charge >= 0.3 is 0 Å². The predicted molar refractivity (Wildman–Crippen MR) is 131 cm³/mol. The lowest BCUT2D eigenvalue weighted by Gasteiger charge is -2.23. The van der Waals surface area contributed by atoms with Crippen molar-refractivity contribution in [3.63, 3.8) is 0 Å². The normalized spacial score (nSPS) is 11.0. The molecule has 0 radical (unpaired) electrons. The van der Waals surface area contributed by atoms with E-state index in [2.05, 4.69) is 18.7 Å². The Morgan fingerprint density at radius 2 is 1.82 bits per heavy atom. The highest BCUT2D eigenvalue weighted by atomic mass is 32.1. The fourth-order valence-corrected chi connectivity index (χ4v) is 4.43. The number of anilines is 1. The summed E-state index contributed by atoms with van der Waals surface area (Å²) in [4.78, 5) is 21.9. The Kier molecular flexibility index (Phi) is 8.79. The maximum absolute atomic E-state index is 14.4. The van der Waals surface area contributed by atoms with Crippen molar-refractivity contribution in [2.45, 2.75) is 20.3 Å².